The number of aromatic nitrogens is 2. The van der Waals surface area contributed by atoms with Gasteiger partial charge in [-0.25, -0.2) is 4.98 Å². The van der Waals surface area contributed by atoms with Crippen LogP contribution in [-0.4, -0.2) is 17.1 Å². The Labute approximate surface area is 99.7 Å². The van der Waals surface area contributed by atoms with E-state index in [1.165, 1.54) is 0 Å². The lowest BCUT2D eigenvalue weighted by molar-refractivity contribution is 0.418. The zero-order valence-electron chi connectivity index (χ0n) is 10.1. The third-order valence-corrected chi connectivity index (χ3v) is 2.74. The van der Waals surface area contributed by atoms with Crippen LogP contribution in [0, 0.1) is 0 Å². The van der Waals surface area contributed by atoms with Gasteiger partial charge >= 0.3 is 0 Å². The third kappa shape index (κ3) is 2.30. The molecule has 0 saturated carbocycles. The van der Waals surface area contributed by atoms with Gasteiger partial charge in [0.2, 0.25) is 0 Å². The van der Waals surface area contributed by atoms with Crippen LogP contribution in [0.3, 0.4) is 0 Å². The third-order valence-electron chi connectivity index (χ3n) is 2.74. The van der Waals surface area contributed by atoms with Crippen molar-refractivity contribution in [3.05, 3.63) is 34.4 Å². The van der Waals surface area contributed by atoms with Crippen molar-refractivity contribution in [2.75, 3.05) is 7.11 Å². The van der Waals surface area contributed by atoms with E-state index >= 15 is 0 Å². The Bertz CT molecular complexity index is 575. The maximum atomic E-state index is 11.9. The number of hydrogen-bond acceptors (Lipinski definition) is 3. The van der Waals surface area contributed by atoms with Crippen molar-refractivity contribution in [3.63, 3.8) is 0 Å². The number of ether oxygens (including phenoxy) is 1. The number of hydrogen-bond donors (Lipinski definition) is 1. The van der Waals surface area contributed by atoms with Gasteiger partial charge in [-0.15, -0.1) is 0 Å². The van der Waals surface area contributed by atoms with Gasteiger partial charge < -0.3 is 9.72 Å². The molecule has 1 N–H and O–H groups in total. The molecular weight excluding hydrogens is 216 g/mol. The molecule has 0 atom stereocenters. The second-order valence-electron chi connectivity index (χ2n) is 3.97. The smallest absolute Gasteiger partial charge is 0.258 e. The zero-order chi connectivity index (χ0) is 12.3. The number of benzene rings is 1. The van der Waals surface area contributed by atoms with Crippen LogP contribution in [-0.2, 0) is 6.42 Å². The first-order chi connectivity index (χ1) is 8.26. The van der Waals surface area contributed by atoms with Gasteiger partial charge in [0, 0.05) is 6.42 Å². The number of H-pyrrole nitrogens is 1. The fourth-order valence-corrected chi connectivity index (χ4v) is 1.81. The number of para-hydroxylation sites is 1. The summed E-state index contributed by atoms with van der Waals surface area (Å²) in [6.45, 7) is 2.11. The van der Waals surface area contributed by atoms with Crippen LogP contribution in [0.1, 0.15) is 25.6 Å². The molecular formula is C13H16N2O2. The van der Waals surface area contributed by atoms with E-state index in [0.29, 0.717) is 16.7 Å². The Kier molecular flexibility index (Phi) is 3.42. The number of methoxy groups -OCH3 is 1. The summed E-state index contributed by atoms with van der Waals surface area (Å²) in [7, 11) is 1.59. The molecule has 0 aliphatic heterocycles. The van der Waals surface area contributed by atoms with Crippen LogP contribution in [0.15, 0.2) is 23.0 Å². The lowest BCUT2D eigenvalue weighted by Crippen LogP contribution is -2.12. The van der Waals surface area contributed by atoms with E-state index in [0.717, 1.165) is 25.1 Å². The topological polar surface area (TPSA) is 55.0 Å². The SMILES string of the molecule is CCCCc1nc2c(OC)cccc2c(=O)[nH]1. The molecule has 0 fully saturated rings. The van der Waals surface area contributed by atoms with E-state index in [1.54, 1.807) is 19.2 Å². The maximum Gasteiger partial charge on any atom is 0.258 e. The minimum atomic E-state index is -0.0972. The molecule has 0 radical (unpaired) electrons. The van der Waals surface area contributed by atoms with Gasteiger partial charge in [0.15, 0.2) is 0 Å². The van der Waals surface area contributed by atoms with Crippen molar-refractivity contribution >= 4 is 10.9 Å². The van der Waals surface area contributed by atoms with Gasteiger partial charge in [0.1, 0.15) is 17.1 Å². The number of rotatable bonds is 4. The first-order valence-electron chi connectivity index (χ1n) is 5.82. The Hall–Kier alpha value is -1.84. The molecule has 90 valence electrons. The first-order valence-corrected chi connectivity index (χ1v) is 5.82. The highest BCUT2D eigenvalue weighted by atomic mass is 16.5. The van der Waals surface area contributed by atoms with Gasteiger partial charge in [-0.2, -0.15) is 0 Å². The molecule has 0 bridgehead atoms. The fourth-order valence-electron chi connectivity index (χ4n) is 1.81. The minimum absolute atomic E-state index is 0.0972. The predicted molar refractivity (Wildman–Crippen MR) is 67.5 cm³/mol. The number of nitrogens with zero attached hydrogens (tertiary/aromatic N) is 1. The summed E-state index contributed by atoms with van der Waals surface area (Å²) in [5, 5.41) is 0.574. The Balaban J connectivity index is 2.57. The molecule has 0 unspecified atom stereocenters. The van der Waals surface area contributed by atoms with Crippen LogP contribution in [0.4, 0.5) is 0 Å². The van der Waals surface area contributed by atoms with E-state index < -0.39 is 0 Å². The molecule has 2 rings (SSSR count). The first kappa shape index (κ1) is 11.6. The number of unbranched alkanes of at least 4 members (excludes halogenated alkanes) is 1. The Morgan fingerprint density at radius 2 is 2.24 bits per heavy atom. The highest BCUT2D eigenvalue weighted by molar-refractivity contribution is 5.83. The number of aromatic amines is 1. The minimum Gasteiger partial charge on any atom is -0.494 e. The summed E-state index contributed by atoms with van der Waals surface area (Å²) in [4.78, 5) is 19.2. The molecule has 0 amide bonds. The number of aryl methyl sites for hydroxylation is 1. The van der Waals surface area contributed by atoms with Gasteiger partial charge in [-0.1, -0.05) is 19.4 Å². The van der Waals surface area contributed by atoms with Crippen molar-refractivity contribution in [2.45, 2.75) is 26.2 Å². The molecule has 0 spiro atoms. The summed E-state index contributed by atoms with van der Waals surface area (Å²) >= 11 is 0. The van der Waals surface area contributed by atoms with Crippen molar-refractivity contribution in [3.8, 4) is 5.75 Å². The van der Waals surface area contributed by atoms with E-state index in [2.05, 4.69) is 16.9 Å². The van der Waals surface area contributed by atoms with Crippen molar-refractivity contribution in [2.24, 2.45) is 0 Å². The normalized spacial score (nSPS) is 10.7. The molecule has 0 aliphatic carbocycles. The standard InChI is InChI=1S/C13H16N2O2/c1-3-4-8-11-14-12-9(13(16)15-11)6-5-7-10(12)17-2/h5-7H,3-4,8H2,1-2H3,(H,14,15,16). The van der Waals surface area contributed by atoms with Crippen LogP contribution in [0.2, 0.25) is 0 Å². The quantitative estimate of drug-likeness (QED) is 0.879. The van der Waals surface area contributed by atoms with Crippen molar-refractivity contribution in [1.29, 1.82) is 0 Å². The molecule has 0 aliphatic rings. The molecule has 4 heteroatoms. The summed E-state index contributed by atoms with van der Waals surface area (Å²) in [6.07, 6.45) is 2.89. The molecule has 4 nitrogen and oxygen atoms in total. The molecule has 1 heterocycles. The summed E-state index contributed by atoms with van der Waals surface area (Å²) in [6, 6.07) is 5.37. The highest BCUT2D eigenvalue weighted by Crippen LogP contribution is 2.20. The van der Waals surface area contributed by atoms with E-state index in [1.807, 2.05) is 6.07 Å². The van der Waals surface area contributed by atoms with E-state index in [9.17, 15) is 4.79 Å². The fraction of sp³-hybridized carbons (Fsp3) is 0.385. The van der Waals surface area contributed by atoms with Crippen LogP contribution in [0.5, 0.6) is 5.75 Å². The van der Waals surface area contributed by atoms with E-state index in [-0.39, 0.29) is 5.56 Å². The molecule has 17 heavy (non-hydrogen) atoms. The molecule has 0 saturated heterocycles. The van der Waals surface area contributed by atoms with Crippen LogP contribution < -0.4 is 10.3 Å². The van der Waals surface area contributed by atoms with Gasteiger partial charge in [0.25, 0.3) is 5.56 Å². The number of fused-ring (bicyclic) bond motifs is 1. The highest BCUT2D eigenvalue weighted by Gasteiger charge is 2.07. The Morgan fingerprint density at radius 3 is 2.94 bits per heavy atom. The summed E-state index contributed by atoms with van der Waals surface area (Å²) < 4.78 is 5.23. The van der Waals surface area contributed by atoms with Crippen LogP contribution >= 0.6 is 0 Å². The lowest BCUT2D eigenvalue weighted by atomic mass is 10.2. The Morgan fingerprint density at radius 1 is 1.41 bits per heavy atom. The predicted octanol–water partition coefficient (Wildman–Crippen LogP) is 2.27. The molecule has 1 aromatic carbocycles. The second kappa shape index (κ2) is 4.99. The van der Waals surface area contributed by atoms with Crippen molar-refractivity contribution in [1.82, 2.24) is 9.97 Å². The summed E-state index contributed by atoms with van der Waals surface area (Å²) in [5.41, 5.74) is 0.546. The zero-order valence-corrected chi connectivity index (χ0v) is 10.1. The van der Waals surface area contributed by atoms with E-state index in [4.69, 9.17) is 4.74 Å². The number of nitrogens with one attached hydrogen (secondary N) is 1. The largest absolute Gasteiger partial charge is 0.494 e. The van der Waals surface area contributed by atoms with Gasteiger partial charge in [0.05, 0.1) is 12.5 Å². The lowest BCUT2D eigenvalue weighted by Gasteiger charge is -2.06. The molecule has 2 aromatic rings. The van der Waals surface area contributed by atoms with Crippen molar-refractivity contribution < 1.29 is 4.74 Å². The maximum absolute atomic E-state index is 11.9. The average Bonchev–Trinajstić information content (AvgIpc) is 2.35. The molecule has 1 aromatic heterocycles. The van der Waals surface area contributed by atoms with Gasteiger partial charge in [-0.05, 0) is 18.6 Å². The average molecular weight is 232 g/mol. The van der Waals surface area contributed by atoms with Gasteiger partial charge in [-0.3, -0.25) is 4.79 Å². The second-order valence-corrected chi connectivity index (χ2v) is 3.97. The summed E-state index contributed by atoms with van der Waals surface area (Å²) in [5.74, 6) is 1.38. The van der Waals surface area contributed by atoms with Crippen LogP contribution in [0.25, 0.3) is 10.9 Å². The monoisotopic (exact) mass is 232 g/mol.